The first-order chi connectivity index (χ1) is 4.34. The van der Waals surface area contributed by atoms with Crippen molar-refractivity contribution in [1.82, 2.24) is 0 Å². The van der Waals surface area contributed by atoms with Crippen molar-refractivity contribution in [3.8, 4) is 6.07 Å². The molecule has 0 aliphatic heterocycles. The second-order valence-corrected chi connectivity index (χ2v) is 2.85. The van der Waals surface area contributed by atoms with Gasteiger partial charge in [-0.3, -0.25) is 0 Å². The van der Waals surface area contributed by atoms with Crippen LogP contribution in [0, 0.1) is 11.3 Å². The zero-order chi connectivity index (χ0) is 6.69. The minimum absolute atomic E-state index is 0.0602. The number of nitriles is 1. The Morgan fingerprint density at radius 1 is 1.78 bits per heavy atom. The molecule has 1 aromatic rings. The summed E-state index contributed by atoms with van der Waals surface area (Å²) in [6.45, 7) is 1.91. The second kappa shape index (κ2) is 2.65. The van der Waals surface area contributed by atoms with E-state index in [-0.39, 0.29) is 5.92 Å². The zero-order valence-electron chi connectivity index (χ0n) is 5.16. The number of hydrogen-bond donors (Lipinski definition) is 0. The molecule has 0 spiro atoms. The average Bonchev–Trinajstić information content (AvgIpc) is 2.37. The van der Waals surface area contributed by atoms with Crippen molar-refractivity contribution in [2.45, 2.75) is 12.8 Å². The third kappa shape index (κ3) is 1.30. The number of hydrogen-bond acceptors (Lipinski definition) is 2. The van der Waals surface area contributed by atoms with E-state index in [0.717, 1.165) is 4.88 Å². The van der Waals surface area contributed by atoms with Gasteiger partial charge >= 0.3 is 0 Å². The van der Waals surface area contributed by atoms with Crippen LogP contribution in [0.4, 0.5) is 0 Å². The number of nitrogens with zero attached hydrogens (tertiary/aromatic N) is 1. The molecule has 0 bridgehead atoms. The van der Waals surface area contributed by atoms with Gasteiger partial charge < -0.3 is 0 Å². The van der Waals surface area contributed by atoms with Crippen molar-refractivity contribution in [1.29, 1.82) is 5.26 Å². The van der Waals surface area contributed by atoms with Crippen LogP contribution in [-0.2, 0) is 0 Å². The van der Waals surface area contributed by atoms with E-state index in [1.54, 1.807) is 11.3 Å². The van der Waals surface area contributed by atoms with Crippen LogP contribution in [0.3, 0.4) is 0 Å². The third-order valence-corrected chi connectivity index (χ3v) is 2.22. The lowest BCUT2D eigenvalue weighted by atomic mass is 10.2. The van der Waals surface area contributed by atoms with E-state index in [1.165, 1.54) is 0 Å². The first-order valence-corrected chi connectivity index (χ1v) is 3.65. The molecule has 2 heteroatoms. The largest absolute Gasteiger partial charge is 0.198 e. The van der Waals surface area contributed by atoms with Crippen molar-refractivity contribution < 1.29 is 0 Å². The molecule has 0 radical (unpaired) electrons. The van der Waals surface area contributed by atoms with Crippen LogP contribution in [-0.4, -0.2) is 0 Å². The molecule has 0 saturated heterocycles. The molecule has 0 N–H and O–H groups in total. The first kappa shape index (κ1) is 6.31. The van der Waals surface area contributed by atoms with Crippen molar-refractivity contribution in [2.75, 3.05) is 0 Å². The van der Waals surface area contributed by atoms with Crippen molar-refractivity contribution in [3.63, 3.8) is 0 Å². The highest BCUT2D eigenvalue weighted by Crippen LogP contribution is 2.18. The van der Waals surface area contributed by atoms with Crippen LogP contribution in [0.5, 0.6) is 0 Å². The van der Waals surface area contributed by atoms with Crippen LogP contribution in [0.2, 0.25) is 0 Å². The van der Waals surface area contributed by atoms with Gasteiger partial charge in [-0.1, -0.05) is 6.07 Å². The van der Waals surface area contributed by atoms with Gasteiger partial charge in [0.05, 0.1) is 12.0 Å². The normalized spacial score (nSPS) is 12.4. The highest BCUT2D eigenvalue weighted by atomic mass is 32.1. The van der Waals surface area contributed by atoms with Gasteiger partial charge in [-0.15, -0.1) is 11.3 Å². The Balaban J connectivity index is 2.80. The summed E-state index contributed by atoms with van der Waals surface area (Å²) < 4.78 is 0. The summed E-state index contributed by atoms with van der Waals surface area (Å²) in [5.41, 5.74) is 0. The molecule has 0 aromatic carbocycles. The number of rotatable bonds is 1. The van der Waals surface area contributed by atoms with E-state index in [2.05, 4.69) is 6.07 Å². The van der Waals surface area contributed by atoms with E-state index in [9.17, 15) is 0 Å². The second-order valence-electron chi connectivity index (χ2n) is 1.87. The van der Waals surface area contributed by atoms with Gasteiger partial charge in [-0.2, -0.15) is 5.26 Å². The van der Waals surface area contributed by atoms with Gasteiger partial charge in [-0.05, 0) is 18.4 Å². The summed E-state index contributed by atoms with van der Waals surface area (Å²) >= 11 is 1.63. The van der Waals surface area contributed by atoms with Gasteiger partial charge in [0.2, 0.25) is 0 Å². The Hall–Kier alpha value is -0.810. The average molecular weight is 137 g/mol. The highest BCUT2D eigenvalue weighted by molar-refractivity contribution is 7.10. The van der Waals surface area contributed by atoms with Gasteiger partial charge in [0, 0.05) is 4.88 Å². The van der Waals surface area contributed by atoms with Crippen molar-refractivity contribution >= 4 is 11.3 Å². The summed E-state index contributed by atoms with van der Waals surface area (Å²) in [5, 5.41) is 10.5. The quantitative estimate of drug-likeness (QED) is 0.583. The van der Waals surface area contributed by atoms with E-state index in [0.29, 0.717) is 0 Å². The standard InChI is InChI=1S/C7H7NS/c1-6(5-8)7-3-2-4-9-7/h2-4,6H,1H3. The Morgan fingerprint density at radius 3 is 3.00 bits per heavy atom. The fourth-order valence-electron chi connectivity index (χ4n) is 0.601. The summed E-state index contributed by atoms with van der Waals surface area (Å²) in [6, 6.07) is 6.13. The predicted molar refractivity (Wildman–Crippen MR) is 38.3 cm³/mol. The van der Waals surface area contributed by atoms with Gasteiger partial charge in [0.25, 0.3) is 0 Å². The summed E-state index contributed by atoms with van der Waals surface area (Å²) in [4.78, 5) is 1.15. The van der Waals surface area contributed by atoms with Gasteiger partial charge in [0.15, 0.2) is 0 Å². The van der Waals surface area contributed by atoms with Crippen LogP contribution < -0.4 is 0 Å². The fourth-order valence-corrected chi connectivity index (χ4v) is 1.33. The maximum Gasteiger partial charge on any atom is 0.0777 e. The van der Waals surface area contributed by atoms with Crippen LogP contribution >= 0.6 is 11.3 Å². The minimum atomic E-state index is 0.0602. The molecule has 0 saturated carbocycles. The van der Waals surface area contributed by atoms with E-state index in [1.807, 2.05) is 24.4 Å². The topological polar surface area (TPSA) is 23.8 Å². The molecule has 9 heavy (non-hydrogen) atoms. The summed E-state index contributed by atoms with van der Waals surface area (Å²) in [6.07, 6.45) is 0. The zero-order valence-corrected chi connectivity index (χ0v) is 5.98. The van der Waals surface area contributed by atoms with Crippen LogP contribution in [0.1, 0.15) is 17.7 Å². The van der Waals surface area contributed by atoms with Crippen LogP contribution in [0.25, 0.3) is 0 Å². The Bertz CT molecular complexity index is 207. The first-order valence-electron chi connectivity index (χ1n) is 2.77. The molecule has 0 amide bonds. The van der Waals surface area contributed by atoms with E-state index in [4.69, 9.17) is 5.26 Å². The fraction of sp³-hybridized carbons (Fsp3) is 0.286. The maximum atomic E-state index is 8.46. The SMILES string of the molecule is CC(C#N)c1cccs1. The molecular weight excluding hydrogens is 130 g/mol. The lowest BCUT2D eigenvalue weighted by molar-refractivity contribution is 1.01. The molecule has 0 fully saturated rings. The maximum absolute atomic E-state index is 8.46. The minimum Gasteiger partial charge on any atom is -0.198 e. The molecule has 1 rings (SSSR count). The van der Waals surface area contributed by atoms with Gasteiger partial charge in [-0.25, -0.2) is 0 Å². The molecule has 1 unspecified atom stereocenters. The third-order valence-electron chi connectivity index (χ3n) is 1.16. The Kier molecular flexibility index (Phi) is 1.86. The molecule has 0 aliphatic rings. The Morgan fingerprint density at radius 2 is 2.56 bits per heavy atom. The van der Waals surface area contributed by atoms with Gasteiger partial charge in [0.1, 0.15) is 0 Å². The van der Waals surface area contributed by atoms with E-state index < -0.39 is 0 Å². The smallest absolute Gasteiger partial charge is 0.0777 e. The lowest BCUT2D eigenvalue weighted by Gasteiger charge is -1.92. The van der Waals surface area contributed by atoms with Crippen molar-refractivity contribution in [3.05, 3.63) is 22.4 Å². The molecule has 1 heterocycles. The number of thiophene rings is 1. The predicted octanol–water partition coefficient (Wildman–Crippen LogP) is 2.38. The monoisotopic (exact) mass is 137 g/mol. The molecule has 1 aromatic heterocycles. The summed E-state index contributed by atoms with van der Waals surface area (Å²) in [7, 11) is 0. The molecule has 0 aliphatic carbocycles. The van der Waals surface area contributed by atoms with Crippen molar-refractivity contribution in [2.24, 2.45) is 0 Å². The molecule has 46 valence electrons. The highest BCUT2D eigenvalue weighted by Gasteiger charge is 2.01. The molecule has 1 nitrogen and oxygen atoms in total. The van der Waals surface area contributed by atoms with Crippen LogP contribution in [0.15, 0.2) is 17.5 Å². The molecular formula is C7H7NS. The molecule has 1 atom stereocenters. The Labute approximate surface area is 58.6 Å². The lowest BCUT2D eigenvalue weighted by Crippen LogP contribution is -1.81. The van der Waals surface area contributed by atoms with E-state index >= 15 is 0 Å². The summed E-state index contributed by atoms with van der Waals surface area (Å²) in [5.74, 6) is 0.0602.